The highest BCUT2D eigenvalue weighted by atomic mass is 19.2. The maximum Gasteiger partial charge on any atom is 0.340 e. The highest BCUT2D eigenvalue weighted by Crippen LogP contribution is 2.21. The van der Waals surface area contributed by atoms with E-state index in [0.29, 0.717) is 6.54 Å². The summed E-state index contributed by atoms with van der Waals surface area (Å²) in [6.07, 6.45) is 0. The average molecular weight is 272 g/mol. The van der Waals surface area contributed by atoms with Crippen LogP contribution in [-0.2, 0) is 4.74 Å². The van der Waals surface area contributed by atoms with Crippen LogP contribution in [0.25, 0.3) is 0 Å². The van der Waals surface area contributed by atoms with Crippen molar-refractivity contribution in [2.75, 3.05) is 33.1 Å². The largest absolute Gasteiger partial charge is 0.465 e. The highest BCUT2D eigenvalue weighted by Gasteiger charge is 2.19. The second-order valence-electron chi connectivity index (χ2n) is 4.47. The third kappa shape index (κ3) is 3.64. The lowest BCUT2D eigenvalue weighted by Gasteiger charge is -2.21. The Morgan fingerprint density at radius 2 is 2.00 bits per heavy atom. The van der Waals surface area contributed by atoms with Crippen LogP contribution in [0.1, 0.15) is 17.3 Å². The van der Waals surface area contributed by atoms with Crippen molar-refractivity contribution in [2.24, 2.45) is 0 Å². The number of esters is 1. The summed E-state index contributed by atoms with van der Waals surface area (Å²) in [5.74, 6) is -3.17. The average Bonchev–Trinajstić information content (AvgIpc) is 2.39. The number of methoxy groups -OCH3 is 1. The van der Waals surface area contributed by atoms with Crippen LogP contribution in [0.3, 0.4) is 0 Å². The molecule has 106 valence electrons. The second kappa shape index (κ2) is 6.47. The number of hydrogen-bond acceptors (Lipinski definition) is 4. The minimum absolute atomic E-state index is 0.0267. The van der Waals surface area contributed by atoms with Crippen molar-refractivity contribution in [2.45, 2.75) is 13.0 Å². The highest BCUT2D eigenvalue weighted by molar-refractivity contribution is 5.90. The Bertz CT molecular complexity index is 464. The summed E-state index contributed by atoms with van der Waals surface area (Å²) in [6, 6.07) is 2.68. The molecular formula is C13H18F2N2O2. The van der Waals surface area contributed by atoms with E-state index in [-0.39, 0.29) is 11.7 Å². The van der Waals surface area contributed by atoms with Crippen molar-refractivity contribution >= 4 is 11.7 Å². The zero-order chi connectivity index (χ0) is 14.6. The number of rotatable bonds is 5. The molecule has 0 aliphatic rings. The summed E-state index contributed by atoms with van der Waals surface area (Å²) in [5.41, 5.74) is -0.384. The first-order valence-electron chi connectivity index (χ1n) is 5.85. The lowest BCUT2D eigenvalue weighted by atomic mass is 10.1. The van der Waals surface area contributed by atoms with E-state index in [1.165, 1.54) is 12.1 Å². The monoisotopic (exact) mass is 272 g/mol. The van der Waals surface area contributed by atoms with Gasteiger partial charge in [0.1, 0.15) is 0 Å². The molecule has 1 aromatic carbocycles. The molecule has 0 heterocycles. The first-order chi connectivity index (χ1) is 8.88. The minimum Gasteiger partial charge on any atom is -0.465 e. The number of carbonyl (C=O) groups excluding carboxylic acids is 1. The zero-order valence-electron chi connectivity index (χ0n) is 11.5. The number of halogens is 2. The van der Waals surface area contributed by atoms with Crippen LogP contribution in [0.2, 0.25) is 0 Å². The van der Waals surface area contributed by atoms with Gasteiger partial charge in [0.05, 0.1) is 18.4 Å². The molecule has 0 fully saturated rings. The third-order valence-electron chi connectivity index (χ3n) is 2.96. The van der Waals surface area contributed by atoms with Crippen molar-refractivity contribution in [3.63, 3.8) is 0 Å². The Morgan fingerprint density at radius 3 is 2.53 bits per heavy atom. The van der Waals surface area contributed by atoms with Crippen LogP contribution in [0, 0.1) is 11.6 Å². The van der Waals surface area contributed by atoms with E-state index in [4.69, 9.17) is 0 Å². The molecule has 0 aliphatic heterocycles. The molecule has 4 nitrogen and oxygen atoms in total. The van der Waals surface area contributed by atoms with Crippen molar-refractivity contribution in [1.29, 1.82) is 0 Å². The molecule has 6 heteroatoms. The molecule has 0 saturated carbocycles. The van der Waals surface area contributed by atoms with Crippen LogP contribution in [-0.4, -0.2) is 44.7 Å². The molecule has 0 radical (unpaired) electrons. The summed E-state index contributed by atoms with van der Waals surface area (Å²) in [4.78, 5) is 13.1. The maximum absolute atomic E-state index is 13.8. The Hall–Kier alpha value is -1.69. The normalized spacial score (nSPS) is 12.4. The summed E-state index contributed by atoms with van der Waals surface area (Å²) in [7, 11) is 4.90. The van der Waals surface area contributed by atoms with Crippen molar-refractivity contribution in [3.8, 4) is 0 Å². The van der Waals surface area contributed by atoms with E-state index in [0.717, 1.165) is 7.11 Å². The molecule has 1 rings (SSSR count). The van der Waals surface area contributed by atoms with Crippen LogP contribution in [0.5, 0.6) is 0 Å². The summed E-state index contributed by atoms with van der Waals surface area (Å²) in [6.45, 7) is 2.41. The molecule has 1 aromatic rings. The van der Waals surface area contributed by atoms with E-state index < -0.39 is 23.2 Å². The fourth-order valence-electron chi connectivity index (χ4n) is 1.39. The van der Waals surface area contributed by atoms with Crippen LogP contribution in [0.4, 0.5) is 14.5 Å². The van der Waals surface area contributed by atoms with Gasteiger partial charge in [-0.05, 0) is 33.2 Å². The van der Waals surface area contributed by atoms with Crippen molar-refractivity contribution < 1.29 is 18.3 Å². The van der Waals surface area contributed by atoms with E-state index >= 15 is 0 Å². The van der Waals surface area contributed by atoms with Crippen LogP contribution < -0.4 is 5.32 Å². The van der Waals surface area contributed by atoms with Crippen LogP contribution >= 0.6 is 0 Å². The van der Waals surface area contributed by atoms with Gasteiger partial charge in [0.2, 0.25) is 0 Å². The Kier molecular flexibility index (Phi) is 5.23. The predicted molar refractivity (Wildman–Crippen MR) is 69.3 cm³/mol. The lowest BCUT2D eigenvalue weighted by Crippen LogP contribution is -2.31. The van der Waals surface area contributed by atoms with Gasteiger partial charge < -0.3 is 15.0 Å². The van der Waals surface area contributed by atoms with E-state index in [9.17, 15) is 13.6 Å². The number of anilines is 1. The molecule has 0 aromatic heterocycles. The second-order valence-corrected chi connectivity index (χ2v) is 4.47. The van der Waals surface area contributed by atoms with E-state index in [2.05, 4.69) is 10.1 Å². The number of likely N-dealkylation sites (N-methyl/N-ethyl adjacent to an activating group) is 1. The van der Waals surface area contributed by atoms with Crippen molar-refractivity contribution in [1.82, 2.24) is 4.90 Å². The maximum atomic E-state index is 13.8. The predicted octanol–water partition coefficient (Wildman–Crippen LogP) is 2.11. The summed E-state index contributed by atoms with van der Waals surface area (Å²) < 4.78 is 31.8. The first kappa shape index (κ1) is 15.4. The molecule has 0 saturated heterocycles. The Labute approximate surface area is 111 Å². The molecule has 0 bridgehead atoms. The minimum atomic E-state index is -1.20. The fraction of sp³-hybridized carbons (Fsp3) is 0.462. The van der Waals surface area contributed by atoms with Gasteiger partial charge in [-0.2, -0.15) is 0 Å². The fourth-order valence-corrected chi connectivity index (χ4v) is 1.39. The van der Waals surface area contributed by atoms with Gasteiger partial charge in [-0.15, -0.1) is 0 Å². The molecule has 1 atom stereocenters. The van der Waals surface area contributed by atoms with Gasteiger partial charge in [0, 0.05) is 12.6 Å². The molecule has 1 unspecified atom stereocenters. The number of benzene rings is 1. The molecule has 0 amide bonds. The van der Waals surface area contributed by atoms with E-state index in [1.54, 1.807) is 0 Å². The molecule has 0 aliphatic carbocycles. The Morgan fingerprint density at radius 1 is 1.37 bits per heavy atom. The standard InChI is InChI=1S/C13H18F2N2O2/c1-8(17(2)3)7-16-10-6-5-9(13(18)19-4)11(14)12(10)15/h5-6,8,16H,7H2,1-4H3. The number of carbonyl (C=O) groups is 1. The first-order valence-corrected chi connectivity index (χ1v) is 5.85. The third-order valence-corrected chi connectivity index (χ3v) is 2.96. The van der Waals surface area contributed by atoms with Gasteiger partial charge in [-0.25, -0.2) is 13.6 Å². The molecule has 0 spiro atoms. The van der Waals surface area contributed by atoms with Gasteiger partial charge in [0.15, 0.2) is 11.6 Å². The van der Waals surface area contributed by atoms with Gasteiger partial charge in [-0.1, -0.05) is 0 Å². The van der Waals surface area contributed by atoms with E-state index in [1.807, 2.05) is 25.9 Å². The molecule has 1 N–H and O–H groups in total. The number of ether oxygens (including phenoxy) is 1. The topological polar surface area (TPSA) is 41.6 Å². The smallest absolute Gasteiger partial charge is 0.340 e. The molecular weight excluding hydrogens is 254 g/mol. The van der Waals surface area contributed by atoms with Gasteiger partial charge >= 0.3 is 5.97 Å². The quantitative estimate of drug-likeness (QED) is 0.834. The van der Waals surface area contributed by atoms with Gasteiger partial charge in [-0.3, -0.25) is 0 Å². The zero-order valence-corrected chi connectivity index (χ0v) is 11.5. The SMILES string of the molecule is COC(=O)c1ccc(NCC(C)N(C)C)c(F)c1F. The van der Waals surface area contributed by atoms with Crippen LogP contribution in [0.15, 0.2) is 12.1 Å². The number of nitrogens with one attached hydrogen (secondary N) is 1. The molecule has 19 heavy (non-hydrogen) atoms. The van der Waals surface area contributed by atoms with Crippen molar-refractivity contribution in [3.05, 3.63) is 29.3 Å². The number of hydrogen-bond donors (Lipinski definition) is 1. The summed E-state index contributed by atoms with van der Waals surface area (Å²) in [5, 5.41) is 2.81. The number of nitrogens with zero attached hydrogens (tertiary/aromatic N) is 1. The lowest BCUT2D eigenvalue weighted by molar-refractivity contribution is 0.0594. The summed E-state index contributed by atoms with van der Waals surface area (Å²) >= 11 is 0. The van der Waals surface area contributed by atoms with Gasteiger partial charge in [0.25, 0.3) is 0 Å². The Balaban J connectivity index is 2.88.